The van der Waals surface area contributed by atoms with E-state index in [2.05, 4.69) is 38.3 Å². The topological polar surface area (TPSA) is 78.5 Å². The Morgan fingerprint density at radius 1 is 1.21 bits per heavy atom. The lowest BCUT2D eigenvalue weighted by Crippen LogP contribution is -2.48. The quantitative estimate of drug-likeness (QED) is 0.744. The molecule has 1 aliphatic heterocycles. The third kappa shape index (κ3) is 4.16. The lowest BCUT2D eigenvalue weighted by Gasteiger charge is -2.34. The van der Waals surface area contributed by atoms with Crippen LogP contribution in [0, 0.1) is 11.8 Å². The van der Waals surface area contributed by atoms with Crippen LogP contribution in [-0.4, -0.2) is 35.3 Å². The van der Waals surface area contributed by atoms with Crippen LogP contribution in [0.2, 0.25) is 0 Å². The van der Waals surface area contributed by atoms with Crippen molar-refractivity contribution in [2.45, 2.75) is 71.4 Å². The van der Waals surface area contributed by atoms with Crippen LogP contribution in [0.5, 0.6) is 0 Å². The lowest BCUT2D eigenvalue weighted by molar-refractivity contribution is -0.135. The predicted octanol–water partition coefficient (Wildman–Crippen LogP) is 3.52. The van der Waals surface area contributed by atoms with Gasteiger partial charge in [-0.15, -0.1) is 0 Å². The van der Waals surface area contributed by atoms with Gasteiger partial charge >= 0.3 is 6.03 Å². The largest absolute Gasteiger partial charge is 0.352 e. The Balaban J connectivity index is 1.69. The SMILES string of the molecule is CC(C)c1ccc([C@@]2(C)NC(=O)N(CC(=O)N[C@@H]3CCC[C@@H](C)[C@@H]3C)C2=O)cc1. The summed E-state index contributed by atoms with van der Waals surface area (Å²) in [4.78, 5) is 39.2. The van der Waals surface area contributed by atoms with Gasteiger partial charge in [0.15, 0.2) is 0 Å². The van der Waals surface area contributed by atoms with Gasteiger partial charge in [0, 0.05) is 6.04 Å². The molecule has 0 spiro atoms. The van der Waals surface area contributed by atoms with Crippen molar-refractivity contribution in [3.63, 3.8) is 0 Å². The summed E-state index contributed by atoms with van der Waals surface area (Å²) in [7, 11) is 0. The normalized spacial score (nSPS) is 29.9. The van der Waals surface area contributed by atoms with E-state index in [0.717, 1.165) is 23.3 Å². The smallest absolute Gasteiger partial charge is 0.325 e. The van der Waals surface area contributed by atoms with E-state index in [9.17, 15) is 14.4 Å². The molecule has 6 nitrogen and oxygen atoms in total. The predicted molar refractivity (Wildman–Crippen MR) is 112 cm³/mol. The van der Waals surface area contributed by atoms with Crippen molar-refractivity contribution in [2.24, 2.45) is 11.8 Å². The van der Waals surface area contributed by atoms with Gasteiger partial charge < -0.3 is 10.6 Å². The summed E-state index contributed by atoms with van der Waals surface area (Å²) in [5.41, 5.74) is 0.735. The number of carbonyl (C=O) groups excluding carboxylic acids is 3. The Bertz CT molecular complexity index is 789. The molecule has 29 heavy (non-hydrogen) atoms. The Morgan fingerprint density at radius 3 is 2.48 bits per heavy atom. The second kappa shape index (κ2) is 8.17. The molecule has 1 aliphatic carbocycles. The minimum Gasteiger partial charge on any atom is -0.352 e. The van der Waals surface area contributed by atoms with E-state index in [4.69, 9.17) is 0 Å². The van der Waals surface area contributed by atoms with Gasteiger partial charge in [-0.1, -0.05) is 64.8 Å². The van der Waals surface area contributed by atoms with Gasteiger partial charge in [-0.3, -0.25) is 14.5 Å². The molecule has 0 bridgehead atoms. The Morgan fingerprint density at radius 2 is 1.86 bits per heavy atom. The first-order chi connectivity index (χ1) is 13.6. The number of hydrogen-bond donors (Lipinski definition) is 2. The van der Waals surface area contributed by atoms with Crippen molar-refractivity contribution in [1.82, 2.24) is 15.5 Å². The number of nitrogens with one attached hydrogen (secondary N) is 2. The number of imide groups is 1. The molecule has 0 aromatic heterocycles. The van der Waals surface area contributed by atoms with Crippen molar-refractivity contribution in [3.8, 4) is 0 Å². The molecule has 1 saturated heterocycles. The third-order valence-electron chi connectivity index (χ3n) is 6.78. The van der Waals surface area contributed by atoms with Crippen molar-refractivity contribution in [3.05, 3.63) is 35.4 Å². The van der Waals surface area contributed by atoms with Gasteiger partial charge in [-0.25, -0.2) is 4.79 Å². The Hall–Kier alpha value is -2.37. The zero-order valence-electron chi connectivity index (χ0n) is 18.1. The fraction of sp³-hybridized carbons (Fsp3) is 0.609. The molecule has 0 radical (unpaired) electrons. The number of carbonyl (C=O) groups is 3. The van der Waals surface area contributed by atoms with Gasteiger partial charge in [0.25, 0.3) is 5.91 Å². The highest BCUT2D eigenvalue weighted by Crippen LogP contribution is 2.31. The summed E-state index contributed by atoms with van der Waals surface area (Å²) in [5.74, 6) is 0.665. The first-order valence-electron chi connectivity index (χ1n) is 10.7. The van der Waals surface area contributed by atoms with E-state index >= 15 is 0 Å². The Labute approximate surface area is 173 Å². The molecule has 158 valence electrons. The number of rotatable bonds is 5. The molecule has 2 fully saturated rings. The van der Waals surface area contributed by atoms with Crippen LogP contribution in [0.15, 0.2) is 24.3 Å². The number of hydrogen-bond acceptors (Lipinski definition) is 3. The maximum atomic E-state index is 13.1. The molecule has 1 aromatic carbocycles. The summed E-state index contributed by atoms with van der Waals surface area (Å²) in [6.45, 7) is 10.0. The van der Waals surface area contributed by atoms with Crippen LogP contribution >= 0.6 is 0 Å². The number of benzene rings is 1. The summed E-state index contributed by atoms with van der Waals surface area (Å²) in [6, 6.07) is 7.29. The zero-order chi connectivity index (χ0) is 21.3. The first kappa shape index (κ1) is 21.3. The standard InChI is InChI=1S/C23H33N3O3/c1-14(2)17-9-11-18(12-10-17)23(5)21(28)26(22(29)25-23)13-20(27)24-19-8-6-7-15(3)16(19)4/h9-12,14-16,19H,6-8,13H2,1-5H3,(H,24,27)(H,25,29)/t15-,16+,19-,23-/m1/s1. The van der Waals surface area contributed by atoms with Crippen molar-refractivity contribution >= 4 is 17.8 Å². The van der Waals surface area contributed by atoms with Crippen LogP contribution in [0.1, 0.15) is 70.9 Å². The molecule has 4 amide bonds. The molecule has 4 atom stereocenters. The van der Waals surface area contributed by atoms with Crippen molar-refractivity contribution in [2.75, 3.05) is 6.54 Å². The summed E-state index contributed by atoms with van der Waals surface area (Å²) >= 11 is 0. The van der Waals surface area contributed by atoms with Gasteiger partial charge in [0.2, 0.25) is 5.91 Å². The molecule has 0 unspecified atom stereocenters. The third-order valence-corrected chi connectivity index (χ3v) is 6.78. The van der Waals surface area contributed by atoms with E-state index in [1.807, 2.05) is 24.3 Å². The maximum Gasteiger partial charge on any atom is 0.325 e. The number of amides is 4. The molecule has 2 aliphatic rings. The molecular formula is C23H33N3O3. The molecule has 6 heteroatoms. The average Bonchev–Trinajstić information content (AvgIpc) is 2.89. The van der Waals surface area contributed by atoms with Crippen LogP contribution in [0.25, 0.3) is 0 Å². The summed E-state index contributed by atoms with van der Waals surface area (Å²) in [5, 5.41) is 5.82. The molecular weight excluding hydrogens is 366 g/mol. The van der Waals surface area contributed by atoms with Crippen LogP contribution < -0.4 is 10.6 Å². The van der Waals surface area contributed by atoms with Gasteiger partial charge in [0.1, 0.15) is 12.1 Å². The van der Waals surface area contributed by atoms with E-state index in [1.165, 1.54) is 12.0 Å². The van der Waals surface area contributed by atoms with E-state index in [1.54, 1.807) is 6.92 Å². The van der Waals surface area contributed by atoms with Gasteiger partial charge in [-0.2, -0.15) is 0 Å². The minimum atomic E-state index is -1.15. The van der Waals surface area contributed by atoms with Gasteiger partial charge in [-0.05, 0) is 42.2 Å². The lowest BCUT2D eigenvalue weighted by atomic mass is 9.78. The highest BCUT2D eigenvalue weighted by atomic mass is 16.2. The van der Waals surface area contributed by atoms with Crippen LogP contribution in [0.3, 0.4) is 0 Å². The Kier molecular flexibility index (Phi) is 6.01. The highest BCUT2D eigenvalue weighted by molar-refractivity contribution is 6.09. The first-order valence-corrected chi connectivity index (χ1v) is 10.7. The summed E-state index contributed by atoms with van der Waals surface area (Å²) < 4.78 is 0. The molecule has 1 aromatic rings. The minimum absolute atomic E-state index is 0.0991. The van der Waals surface area contributed by atoms with Crippen LogP contribution in [0.4, 0.5) is 4.79 Å². The number of nitrogens with zero attached hydrogens (tertiary/aromatic N) is 1. The summed E-state index contributed by atoms with van der Waals surface area (Å²) in [6.07, 6.45) is 3.20. The van der Waals surface area contributed by atoms with E-state index < -0.39 is 11.6 Å². The highest BCUT2D eigenvalue weighted by Gasteiger charge is 2.49. The fourth-order valence-electron chi connectivity index (χ4n) is 4.42. The molecule has 3 rings (SSSR count). The van der Waals surface area contributed by atoms with Crippen LogP contribution in [-0.2, 0) is 15.1 Å². The number of urea groups is 1. The maximum absolute atomic E-state index is 13.1. The molecule has 1 saturated carbocycles. The molecule has 1 heterocycles. The second-order valence-electron chi connectivity index (χ2n) is 9.16. The van der Waals surface area contributed by atoms with Gasteiger partial charge in [0.05, 0.1) is 0 Å². The van der Waals surface area contributed by atoms with Crippen molar-refractivity contribution < 1.29 is 14.4 Å². The van der Waals surface area contributed by atoms with E-state index in [0.29, 0.717) is 17.8 Å². The van der Waals surface area contributed by atoms with Crippen molar-refractivity contribution in [1.29, 1.82) is 0 Å². The average molecular weight is 400 g/mol. The second-order valence-corrected chi connectivity index (χ2v) is 9.16. The molecule has 2 N–H and O–H groups in total. The zero-order valence-corrected chi connectivity index (χ0v) is 18.1. The monoisotopic (exact) mass is 399 g/mol. The van der Waals surface area contributed by atoms with E-state index in [-0.39, 0.29) is 24.4 Å². The fourth-order valence-corrected chi connectivity index (χ4v) is 4.42.